The van der Waals surface area contributed by atoms with E-state index in [1.165, 1.54) is 9.81 Å². The third-order valence-electron chi connectivity index (χ3n) is 4.03. The molecular formula is C20H12N2S2. The Morgan fingerprint density at radius 1 is 0.958 bits per heavy atom. The molecule has 0 N–H and O–H groups in total. The molecule has 0 unspecified atom stereocenters. The van der Waals surface area contributed by atoms with E-state index >= 15 is 0 Å². The molecule has 2 aliphatic rings. The van der Waals surface area contributed by atoms with Crippen molar-refractivity contribution in [2.45, 2.75) is 0 Å². The van der Waals surface area contributed by atoms with Gasteiger partial charge in [0.2, 0.25) is 6.19 Å². The largest absolute Gasteiger partial charge is 0.206 e. The van der Waals surface area contributed by atoms with Gasteiger partial charge in [-0.2, -0.15) is 10.3 Å². The predicted octanol–water partition coefficient (Wildman–Crippen LogP) is 5.63. The average Bonchev–Trinajstić information content (AvgIpc) is 3.15. The number of nitriles is 1. The van der Waals surface area contributed by atoms with Crippen LogP contribution in [-0.2, 0) is 0 Å². The lowest BCUT2D eigenvalue weighted by atomic mass is 9.81. The second kappa shape index (κ2) is 6.20. The van der Waals surface area contributed by atoms with Gasteiger partial charge in [-0.15, -0.1) is 0 Å². The Bertz CT molecular complexity index is 981. The van der Waals surface area contributed by atoms with Crippen LogP contribution in [0.4, 0.5) is 0 Å². The highest BCUT2D eigenvalue weighted by atomic mass is 32.2. The van der Waals surface area contributed by atoms with Gasteiger partial charge in [-0.3, -0.25) is 0 Å². The van der Waals surface area contributed by atoms with Gasteiger partial charge in [0.05, 0.1) is 9.95 Å². The quantitative estimate of drug-likeness (QED) is 0.537. The van der Waals surface area contributed by atoms with Gasteiger partial charge in [0.25, 0.3) is 0 Å². The van der Waals surface area contributed by atoms with Crippen molar-refractivity contribution in [2.75, 3.05) is 0 Å². The third kappa shape index (κ3) is 2.34. The zero-order valence-electron chi connectivity index (χ0n) is 12.7. The lowest BCUT2D eigenvalue weighted by Gasteiger charge is -2.25. The van der Waals surface area contributed by atoms with E-state index in [2.05, 4.69) is 34.5 Å². The van der Waals surface area contributed by atoms with E-state index in [1.54, 1.807) is 23.5 Å². The summed E-state index contributed by atoms with van der Waals surface area (Å²) in [4.78, 5) is 4.13. The smallest absolute Gasteiger partial charge is 0.172 e. The molecule has 0 spiro atoms. The first-order valence-corrected chi connectivity index (χ1v) is 9.16. The molecule has 0 atom stereocenters. The second-order valence-electron chi connectivity index (χ2n) is 5.29. The molecule has 1 aliphatic carbocycles. The molecular weight excluding hydrogens is 332 g/mol. The molecule has 4 heteroatoms. The zero-order chi connectivity index (χ0) is 16.5. The Labute approximate surface area is 149 Å². The van der Waals surface area contributed by atoms with Crippen LogP contribution in [0.15, 0.2) is 69.1 Å². The summed E-state index contributed by atoms with van der Waals surface area (Å²) in [5.41, 5.74) is 7.25. The zero-order valence-corrected chi connectivity index (χ0v) is 14.3. The minimum atomic E-state index is 0.740. The number of rotatable bonds is 1. The molecule has 4 rings (SSSR count). The molecule has 2 nitrogen and oxygen atoms in total. The molecule has 24 heavy (non-hydrogen) atoms. The van der Waals surface area contributed by atoms with Crippen molar-refractivity contribution in [1.29, 1.82) is 5.26 Å². The topological polar surface area (TPSA) is 36.1 Å². The van der Waals surface area contributed by atoms with Crippen LogP contribution in [0.5, 0.6) is 0 Å². The number of hydrogen-bond donors (Lipinski definition) is 0. The molecule has 0 bridgehead atoms. The minimum Gasteiger partial charge on any atom is -0.172 e. The van der Waals surface area contributed by atoms with Crippen molar-refractivity contribution in [3.8, 4) is 6.19 Å². The maximum atomic E-state index is 9.16. The first-order chi connectivity index (χ1) is 11.8. The summed E-state index contributed by atoms with van der Waals surface area (Å²) in [6.45, 7) is 3.88. The van der Waals surface area contributed by atoms with Crippen LogP contribution in [0, 0.1) is 11.5 Å². The van der Waals surface area contributed by atoms with Crippen LogP contribution in [0.2, 0.25) is 0 Å². The van der Waals surface area contributed by atoms with Crippen LogP contribution >= 0.6 is 23.5 Å². The molecule has 114 valence electrons. The number of fused-ring (bicyclic) bond motifs is 2. The Morgan fingerprint density at radius 3 is 2.38 bits per heavy atom. The van der Waals surface area contributed by atoms with Crippen molar-refractivity contribution in [3.63, 3.8) is 0 Å². The molecule has 0 saturated heterocycles. The summed E-state index contributed by atoms with van der Waals surface area (Å²) < 4.78 is 1.25. The number of benzene rings is 2. The molecule has 0 amide bonds. The lowest BCUT2D eigenvalue weighted by Crippen LogP contribution is -2.16. The first-order valence-electron chi connectivity index (χ1n) is 7.40. The summed E-state index contributed by atoms with van der Waals surface area (Å²) in [6, 6.07) is 14.3. The van der Waals surface area contributed by atoms with Crippen LogP contribution in [0.25, 0.3) is 11.6 Å². The average molecular weight is 344 g/mol. The first kappa shape index (κ1) is 15.1. The summed E-state index contributed by atoms with van der Waals surface area (Å²) in [5.74, 6) is 0. The maximum absolute atomic E-state index is 9.16. The number of aliphatic imine (C=N–C) groups is 1. The van der Waals surface area contributed by atoms with Crippen molar-refractivity contribution in [1.82, 2.24) is 0 Å². The fourth-order valence-corrected chi connectivity index (χ4v) is 4.94. The Kier molecular flexibility index (Phi) is 3.89. The van der Waals surface area contributed by atoms with E-state index in [4.69, 9.17) is 5.26 Å². The highest BCUT2D eigenvalue weighted by Crippen LogP contribution is 2.48. The molecule has 0 saturated carbocycles. The Hall–Kier alpha value is -2.48. The van der Waals surface area contributed by atoms with E-state index in [1.807, 2.05) is 42.6 Å². The standard InChI is InChI=1S/C20H12N2S2/c1-2-13-7-8-16-17(11-13)18(20-23-9-10-24-20)14-5-3-4-6-15(14)19(16)22-12-21/h2-11H,1H2. The normalized spacial score (nSPS) is 16.7. The maximum Gasteiger partial charge on any atom is 0.206 e. The Balaban J connectivity index is 2.10. The van der Waals surface area contributed by atoms with Crippen molar-refractivity contribution in [2.24, 2.45) is 4.99 Å². The second-order valence-corrected chi connectivity index (χ2v) is 7.38. The number of hydrogen-bond acceptors (Lipinski definition) is 4. The molecule has 0 aromatic heterocycles. The van der Waals surface area contributed by atoms with Crippen molar-refractivity contribution in [3.05, 3.63) is 91.9 Å². The Morgan fingerprint density at radius 2 is 1.67 bits per heavy atom. The van der Waals surface area contributed by atoms with Crippen LogP contribution < -0.4 is 0 Å². The SMILES string of the molecule is C=Cc1ccc2c(c1)C(=C1SC=CS1)c1ccccc1C2=NC#N. The van der Waals surface area contributed by atoms with Gasteiger partial charge >= 0.3 is 0 Å². The number of thioether (sulfide) groups is 2. The molecule has 2 aromatic carbocycles. The third-order valence-corrected chi connectivity index (χ3v) is 6.16. The molecule has 1 aliphatic heterocycles. The predicted molar refractivity (Wildman–Crippen MR) is 105 cm³/mol. The van der Waals surface area contributed by atoms with Crippen LogP contribution in [0.3, 0.4) is 0 Å². The highest BCUT2D eigenvalue weighted by Gasteiger charge is 2.28. The van der Waals surface area contributed by atoms with E-state index in [-0.39, 0.29) is 0 Å². The van der Waals surface area contributed by atoms with Crippen molar-refractivity contribution >= 4 is 40.9 Å². The lowest BCUT2D eigenvalue weighted by molar-refractivity contribution is 1.39. The van der Waals surface area contributed by atoms with Gasteiger partial charge in [-0.05, 0) is 33.6 Å². The minimum absolute atomic E-state index is 0.740. The number of nitrogens with zero attached hydrogens (tertiary/aromatic N) is 2. The van der Waals surface area contributed by atoms with Crippen molar-refractivity contribution < 1.29 is 0 Å². The van der Waals surface area contributed by atoms with Gasteiger partial charge in [0.15, 0.2) is 0 Å². The summed E-state index contributed by atoms with van der Waals surface area (Å²) in [6.07, 6.45) is 3.81. The summed E-state index contributed by atoms with van der Waals surface area (Å²) >= 11 is 3.47. The van der Waals surface area contributed by atoms with E-state index in [0.717, 1.165) is 33.5 Å². The van der Waals surface area contributed by atoms with E-state index in [9.17, 15) is 0 Å². The monoisotopic (exact) mass is 344 g/mol. The summed E-state index contributed by atoms with van der Waals surface area (Å²) in [5, 5.41) is 13.4. The van der Waals surface area contributed by atoms with Gasteiger partial charge in [0.1, 0.15) is 0 Å². The fourth-order valence-electron chi connectivity index (χ4n) is 3.02. The fraction of sp³-hybridized carbons (Fsp3) is 0. The van der Waals surface area contributed by atoms with Gasteiger partial charge in [-0.25, -0.2) is 0 Å². The van der Waals surface area contributed by atoms with E-state index < -0.39 is 0 Å². The molecule has 0 radical (unpaired) electrons. The van der Waals surface area contributed by atoms with Gasteiger partial charge in [0, 0.05) is 16.7 Å². The van der Waals surface area contributed by atoms with Gasteiger partial charge < -0.3 is 0 Å². The van der Waals surface area contributed by atoms with E-state index in [0.29, 0.717) is 0 Å². The van der Waals surface area contributed by atoms with Crippen LogP contribution in [-0.4, -0.2) is 5.71 Å². The summed E-state index contributed by atoms with van der Waals surface area (Å²) in [7, 11) is 0. The molecule has 1 heterocycles. The van der Waals surface area contributed by atoms with Crippen LogP contribution in [0.1, 0.15) is 27.8 Å². The van der Waals surface area contributed by atoms with Gasteiger partial charge in [-0.1, -0.05) is 72.6 Å². The highest BCUT2D eigenvalue weighted by molar-refractivity contribution is 8.27. The molecule has 2 aromatic rings. The molecule has 0 fully saturated rings.